The zero-order valence-electron chi connectivity index (χ0n) is 12.6. The van der Waals surface area contributed by atoms with E-state index in [9.17, 15) is 23.3 Å². The summed E-state index contributed by atoms with van der Waals surface area (Å²) in [6.45, 7) is 3.25. The monoisotopic (exact) mass is 329 g/mol. The van der Waals surface area contributed by atoms with E-state index >= 15 is 0 Å². The molecule has 2 fully saturated rings. The molecule has 0 saturated carbocycles. The molecule has 1 aromatic rings. The molecule has 5 nitrogen and oxygen atoms in total. The third kappa shape index (κ3) is 3.26. The van der Waals surface area contributed by atoms with Gasteiger partial charge in [-0.15, -0.1) is 0 Å². The first-order valence-corrected chi connectivity index (χ1v) is 7.71. The molecule has 0 bridgehead atoms. The average molecular weight is 329 g/mol. The van der Waals surface area contributed by atoms with Crippen LogP contribution in [0.25, 0.3) is 0 Å². The fourth-order valence-electron chi connectivity index (χ4n) is 3.29. The number of halogens is 3. The third-order valence-corrected chi connectivity index (χ3v) is 4.71. The fourth-order valence-corrected chi connectivity index (χ4v) is 3.29. The topological polar surface area (TPSA) is 49.6 Å². The predicted molar refractivity (Wildman–Crippen MR) is 79.5 cm³/mol. The van der Waals surface area contributed by atoms with Gasteiger partial charge in [-0.25, -0.2) is 0 Å². The molecule has 0 spiro atoms. The standard InChI is InChI=1S/C15H18F3N3O2/c16-15(17,18)11-2-3-13(21(22)23)14(10-11)20-8-4-12(5-9-20)19-6-1-7-19/h2-3,10,12H,1,4-9H2. The molecule has 0 aromatic heterocycles. The Morgan fingerprint density at radius 1 is 1.13 bits per heavy atom. The van der Waals surface area contributed by atoms with Crippen LogP contribution in [0.2, 0.25) is 0 Å². The Hall–Kier alpha value is -1.83. The molecule has 23 heavy (non-hydrogen) atoms. The molecular formula is C15H18F3N3O2. The third-order valence-electron chi connectivity index (χ3n) is 4.71. The first-order valence-electron chi connectivity index (χ1n) is 7.71. The van der Waals surface area contributed by atoms with Gasteiger partial charge in [0.25, 0.3) is 5.69 Å². The molecule has 0 atom stereocenters. The normalized spacial score (nSPS) is 20.4. The van der Waals surface area contributed by atoms with Gasteiger partial charge >= 0.3 is 6.18 Å². The van der Waals surface area contributed by atoms with Crippen molar-refractivity contribution in [3.8, 4) is 0 Å². The van der Waals surface area contributed by atoms with E-state index in [-0.39, 0.29) is 11.4 Å². The first-order chi connectivity index (χ1) is 10.9. The molecule has 2 heterocycles. The van der Waals surface area contributed by atoms with Crippen LogP contribution in [0.3, 0.4) is 0 Å². The van der Waals surface area contributed by atoms with E-state index in [0.29, 0.717) is 19.1 Å². The van der Waals surface area contributed by atoms with Crippen molar-refractivity contribution in [3.05, 3.63) is 33.9 Å². The van der Waals surface area contributed by atoms with Gasteiger partial charge in [0.2, 0.25) is 0 Å². The van der Waals surface area contributed by atoms with Crippen molar-refractivity contribution in [3.63, 3.8) is 0 Å². The van der Waals surface area contributed by atoms with E-state index in [2.05, 4.69) is 4.90 Å². The minimum atomic E-state index is -4.50. The number of rotatable bonds is 3. The van der Waals surface area contributed by atoms with Crippen LogP contribution in [-0.2, 0) is 6.18 Å². The van der Waals surface area contributed by atoms with E-state index in [1.54, 1.807) is 4.90 Å². The second kappa shape index (κ2) is 5.99. The van der Waals surface area contributed by atoms with Crippen LogP contribution in [0.5, 0.6) is 0 Å². The van der Waals surface area contributed by atoms with Gasteiger partial charge in [-0.2, -0.15) is 13.2 Å². The van der Waals surface area contributed by atoms with Gasteiger partial charge in [-0.3, -0.25) is 10.1 Å². The van der Waals surface area contributed by atoms with Crippen molar-refractivity contribution in [2.24, 2.45) is 0 Å². The highest BCUT2D eigenvalue weighted by Gasteiger charge is 2.35. The molecular weight excluding hydrogens is 311 g/mol. The van der Waals surface area contributed by atoms with Crippen molar-refractivity contribution in [2.75, 3.05) is 31.1 Å². The Kier molecular flexibility index (Phi) is 4.18. The van der Waals surface area contributed by atoms with Crippen LogP contribution in [0.4, 0.5) is 24.5 Å². The number of piperidine rings is 1. The van der Waals surface area contributed by atoms with E-state index in [4.69, 9.17) is 0 Å². The summed E-state index contributed by atoms with van der Waals surface area (Å²) in [5.41, 5.74) is -1.03. The highest BCUT2D eigenvalue weighted by Crippen LogP contribution is 2.37. The van der Waals surface area contributed by atoms with Crippen LogP contribution < -0.4 is 4.90 Å². The van der Waals surface area contributed by atoms with Crippen LogP contribution in [0, 0.1) is 10.1 Å². The summed E-state index contributed by atoms with van der Waals surface area (Å²) >= 11 is 0. The second-order valence-corrected chi connectivity index (χ2v) is 6.07. The van der Waals surface area contributed by atoms with Crippen molar-refractivity contribution in [1.82, 2.24) is 4.90 Å². The molecule has 0 aliphatic carbocycles. The van der Waals surface area contributed by atoms with Crippen molar-refractivity contribution in [2.45, 2.75) is 31.5 Å². The highest BCUT2D eigenvalue weighted by atomic mass is 19.4. The summed E-state index contributed by atoms with van der Waals surface area (Å²) in [6, 6.07) is 3.08. The Morgan fingerprint density at radius 2 is 1.78 bits per heavy atom. The molecule has 0 N–H and O–H groups in total. The summed E-state index contributed by atoms with van der Waals surface area (Å²) in [5.74, 6) is 0. The van der Waals surface area contributed by atoms with E-state index < -0.39 is 16.7 Å². The fraction of sp³-hybridized carbons (Fsp3) is 0.600. The number of nitro benzene ring substituents is 1. The van der Waals surface area contributed by atoms with Gasteiger partial charge in [0.1, 0.15) is 5.69 Å². The number of nitro groups is 1. The first kappa shape index (κ1) is 16.0. The van der Waals surface area contributed by atoms with E-state index in [0.717, 1.165) is 44.1 Å². The number of hydrogen-bond donors (Lipinski definition) is 0. The number of hydrogen-bond acceptors (Lipinski definition) is 4. The molecule has 0 unspecified atom stereocenters. The lowest BCUT2D eigenvalue weighted by atomic mass is 9.99. The quantitative estimate of drug-likeness (QED) is 0.631. The number of alkyl halides is 3. The maximum Gasteiger partial charge on any atom is 0.416 e. The lowest BCUT2D eigenvalue weighted by Gasteiger charge is -2.43. The van der Waals surface area contributed by atoms with Crippen molar-refractivity contribution >= 4 is 11.4 Å². The smallest absolute Gasteiger partial charge is 0.366 e. The average Bonchev–Trinajstić information content (AvgIpc) is 2.44. The van der Waals surface area contributed by atoms with Crippen LogP contribution >= 0.6 is 0 Å². The molecule has 8 heteroatoms. The zero-order valence-corrected chi connectivity index (χ0v) is 12.6. The maximum atomic E-state index is 12.9. The molecule has 1 aromatic carbocycles. The summed E-state index contributed by atoms with van der Waals surface area (Å²) in [7, 11) is 0. The minimum absolute atomic E-state index is 0.0758. The van der Waals surface area contributed by atoms with Crippen LogP contribution in [0.15, 0.2) is 18.2 Å². The van der Waals surface area contributed by atoms with Gasteiger partial charge in [-0.05, 0) is 44.5 Å². The summed E-state index contributed by atoms with van der Waals surface area (Å²) in [4.78, 5) is 14.6. The Labute approximate surface area is 131 Å². The zero-order chi connectivity index (χ0) is 16.6. The number of nitrogens with zero attached hydrogens (tertiary/aromatic N) is 3. The molecule has 3 rings (SSSR count). The van der Waals surface area contributed by atoms with Gasteiger partial charge in [0, 0.05) is 25.2 Å². The van der Waals surface area contributed by atoms with Crippen molar-refractivity contribution in [1.29, 1.82) is 0 Å². The van der Waals surface area contributed by atoms with Crippen LogP contribution in [-0.4, -0.2) is 42.0 Å². The maximum absolute atomic E-state index is 12.9. The molecule has 2 aliphatic rings. The molecule has 0 radical (unpaired) electrons. The SMILES string of the molecule is O=[N+]([O-])c1ccc(C(F)(F)F)cc1N1CCC(N2CCC2)CC1. The summed E-state index contributed by atoms with van der Waals surface area (Å²) in [5, 5.41) is 11.1. The number of likely N-dealkylation sites (tertiary alicyclic amines) is 1. The largest absolute Gasteiger partial charge is 0.416 e. The van der Waals surface area contributed by atoms with Crippen LogP contribution in [0.1, 0.15) is 24.8 Å². The molecule has 0 amide bonds. The Bertz CT molecular complexity index is 594. The Morgan fingerprint density at radius 3 is 2.26 bits per heavy atom. The van der Waals surface area contributed by atoms with Gasteiger partial charge < -0.3 is 9.80 Å². The summed E-state index contributed by atoms with van der Waals surface area (Å²) in [6.07, 6.45) is -1.65. The van der Waals surface area contributed by atoms with Crippen molar-refractivity contribution < 1.29 is 18.1 Å². The molecule has 126 valence electrons. The summed E-state index contributed by atoms with van der Waals surface area (Å²) < 4.78 is 38.7. The molecule has 2 aliphatic heterocycles. The van der Waals surface area contributed by atoms with E-state index in [1.165, 1.54) is 6.42 Å². The van der Waals surface area contributed by atoms with Gasteiger partial charge in [0.15, 0.2) is 0 Å². The van der Waals surface area contributed by atoms with Gasteiger partial charge in [-0.1, -0.05) is 0 Å². The van der Waals surface area contributed by atoms with E-state index in [1.807, 2.05) is 0 Å². The van der Waals surface area contributed by atoms with Gasteiger partial charge in [0.05, 0.1) is 10.5 Å². The number of anilines is 1. The number of benzene rings is 1. The molecule has 2 saturated heterocycles. The minimum Gasteiger partial charge on any atom is -0.366 e. The lowest BCUT2D eigenvalue weighted by Crippen LogP contribution is -2.50. The lowest BCUT2D eigenvalue weighted by molar-refractivity contribution is -0.384. The second-order valence-electron chi connectivity index (χ2n) is 6.07. The highest BCUT2D eigenvalue weighted by molar-refractivity contribution is 5.65. The Balaban J connectivity index is 1.81. The predicted octanol–water partition coefficient (Wildman–Crippen LogP) is 3.29.